The molecule has 0 radical (unpaired) electrons. The van der Waals surface area contributed by atoms with Gasteiger partial charge in [-0.15, -0.1) is 0 Å². The van der Waals surface area contributed by atoms with Crippen LogP contribution in [0.4, 0.5) is 0 Å². The van der Waals surface area contributed by atoms with Crippen LogP contribution in [0, 0.1) is 5.92 Å². The minimum atomic E-state index is -0.0687. The Balaban J connectivity index is 2.26. The first kappa shape index (κ1) is 17.3. The summed E-state index contributed by atoms with van der Waals surface area (Å²) in [5, 5.41) is 2.95. The molecular weight excluding hydrogens is 266 g/mol. The second kappa shape index (κ2) is 10.1. The number of methoxy groups -OCH3 is 1. The third-order valence-electron chi connectivity index (χ3n) is 3.56. The number of ether oxygens (including phenoxy) is 2. The van der Waals surface area contributed by atoms with Gasteiger partial charge in [0.15, 0.2) is 6.61 Å². The molecule has 0 aliphatic heterocycles. The number of amides is 1. The van der Waals surface area contributed by atoms with Gasteiger partial charge in [0, 0.05) is 6.54 Å². The molecule has 118 valence electrons. The smallest absolute Gasteiger partial charge is 0.257 e. The number of rotatable bonds is 10. The van der Waals surface area contributed by atoms with Crippen molar-refractivity contribution in [1.29, 1.82) is 0 Å². The molecule has 21 heavy (non-hydrogen) atoms. The molecule has 1 N–H and O–H groups in total. The Hall–Kier alpha value is -1.71. The first-order chi connectivity index (χ1) is 10.2. The molecule has 1 aromatic rings. The van der Waals surface area contributed by atoms with E-state index in [1.54, 1.807) is 19.2 Å². The van der Waals surface area contributed by atoms with Gasteiger partial charge in [-0.05, 0) is 36.6 Å². The van der Waals surface area contributed by atoms with E-state index < -0.39 is 0 Å². The van der Waals surface area contributed by atoms with Crippen LogP contribution in [0.3, 0.4) is 0 Å². The monoisotopic (exact) mass is 293 g/mol. The van der Waals surface area contributed by atoms with Crippen LogP contribution in [0.15, 0.2) is 24.3 Å². The summed E-state index contributed by atoms with van der Waals surface area (Å²) in [4.78, 5) is 11.8. The van der Waals surface area contributed by atoms with E-state index >= 15 is 0 Å². The Morgan fingerprint density at radius 1 is 1.19 bits per heavy atom. The standard InChI is InChI=1S/C17H27NO3/c1-4-6-7-14(5-2)12-18-17(19)13-21-16-10-8-15(20-3)9-11-16/h8-11,14H,4-7,12-13H2,1-3H3,(H,18,19)/t14-/m1/s1. The number of hydrogen-bond acceptors (Lipinski definition) is 3. The van der Waals surface area contributed by atoms with Crippen molar-refractivity contribution >= 4 is 5.91 Å². The maximum absolute atomic E-state index is 11.8. The van der Waals surface area contributed by atoms with Gasteiger partial charge in [-0.25, -0.2) is 0 Å². The average molecular weight is 293 g/mol. The lowest BCUT2D eigenvalue weighted by Crippen LogP contribution is -2.33. The highest BCUT2D eigenvalue weighted by atomic mass is 16.5. The van der Waals surface area contributed by atoms with Gasteiger partial charge in [0.1, 0.15) is 11.5 Å². The van der Waals surface area contributed by atoms with Gasteiger partial charge in [0.25, 0.3) is 5.91 Å². The number of carbonyl (C=O) groups excluding carboxylic acids is 1. The van der Waals surface area contributed by atoms with Crippen LogP contribution in [-0.2, 0) is 4.79 Å². The van der Waals surface area contributed by atoms with E-state index in [1.807, 2.05) is 12.1 Å². The van der Waals surface area contributed by atoms with E-state index in [-0.39, 0.29) is 12.5 Å². The zero-order valence-corrected chi connectivity index (χ0v) is 13.4. The van der Waals surface area contributed by atoms with Crippen molar-refractivity contribution in [3.63, 3.8) is 0 Å². The van der Waals surface area contributed by atoms with Crippen molar-refractivity contribution < 1.29 is 14.3 Å². The van der Waals surface area contributed by atoms with Gasteiger partial charge in [-0.3, -0.25) is 4.79 Å². The predicted octanol–water partition coefficient (Wildman–Crippen LogP) is 3.41. The molecule has 0 bridgehead atoms. The molecule has 0 aliphatic rings. The molecule has 0 aromatic heterocycles. The minimum absolute atomic E-state index is 0.0521. The second-order valence-corrected chi connectivity index (χ2v) is 5.18. The molecule has 1 amide bonds. The molecule has 4 nitrogen and oxygen atoms in total. The maximum atomic E-state index is 11.8. The lowest BCUT2D eigenvalue weighted by Gasteiger charge is -2.15. The Morgan fingerprint density at radius 2 is 1.86 bits per heavy atom. The van der Waals surface area contributed by atoms with Crippen molar-refractivity contribution in [3.05, 3.63) is 24.3 Å². The van der Waals surface area contributed by atoms with Gasteiger partial charge >= 0.3 is 0 Å². The molecule has 0 heterocycles. The number of unbranched alkanes of at least 4 members (excludes halogenated alkanes) is 1. The first-order valence-corrected chi connectivity index (χ1v) is 7.73. The lowest BCUT2D eigenvalue weighted by atomic mass is 9.99. The van der Waals surface area contributed by atoms with E-state index in [0.717, 1.165) is 18.7 Å². The summed E-state index contributed by atoms with van der Waals surface area (Å²) in [6.07, 6.45) is 4.69. The summed E-state index contributed by atoms with van der Waals surface area (Å²) in [7, 11) is 1.62. The van der Waals surface area contributed by atoms with Crippen LogP contribution in [-0.4, -0.2) is 26.2 Å². The van der Waals surface area contributed by atoms with Gasteiger partial charge in [0.05, 0.1) is 7.11 Å². The van der Waals surface area contributed by atoms with Crippen LogP contribution in [0.5, 0.6) is 11.5 Å². The molecule has 1 aromatic carbocycles. The van der Waals surface area contributed by atoms with Crippen LogP contribution in [0.2, 0.25) is 0 Å². The number of hydrogen-bond donors (Lipinski definition) is 1. The number of carbonyl (C=O) groups is 1. The highest BCUT2D eigenvalue weighted by Crippen LogP contribution is 2.16. The second-order valence-electron chi connectivity index (χ2n) is 5.18. The Bertz CT molecular complexity index is 403. The molecule has 0 aliphatic carbocycles. The largest absolute Gasteiger partial charge is 0.497 e. The molecule has 4 heteroatoms. The molecular formula is C17H27NO3. The molecule has 0 saturated heterocycles. The Labute approximate surface area is 127 Å². The van der Waals surface area contributed by atoms with E-state index in [4.69, 9.17) is 9.47 Å². The fraction of sp³-hybridized carbons (Fsp3) is 0.588. The zero-order chi connectivity index (χ0) is 15.5. The van der Waals surface area contributed by atoms with Gasteiger partial charge in [-0.2, -0.15) is 0 Å². The van der Waals surface area contributed by atoms with E-state index in [1.165, 1.54) is 19.3 Å². The van der Waals surface area contributed by atoms with Crippen molar-refractivity contribution in [2.45, 2.75) is 39.5 Å². The average Bonchev–Trinajstić information content (AvgIpc) is 2.53. The molecule has 0 fully saturated rings. The SMILES string of the molecule is CCCC[C@@H](CC)CNC(=O)COc1ccc(OC)cc1. The molecule has 1 rings (SSSR count). The highest BCUT2D eigenvalue weighted by Gasteiger charge is 2.08. The minimum Gasteiger partial charge on any atom is -0.497 e. The summed E-state index contributed by atoms with van der Waals surface area (Å²) in [5.74, 6) is 1.94. The summed E-state index contributed by atoms with van der Waals surface area (Å²) >= 11 is 0. The predicted molar refractivity (Wildman–Crippen MR) is 84.8 cm³/mol. The van der Waals surface area contributed by atoms with E-state index in [9.17, 15) is 4.79 Å². The quantitative estimate of drug-likeness (QED) is 0.719. The topological polar surface area (TPSA) is 47.6 Å². The number of benzene rings is 1. The molecule has 0 saturated carbocycles. The third-order valence-corrected chi connectivity index (χ3v) is 3.56. The van der Waals surface area contributed by atoms with Crippen molar-refractivity contribution in [3.8, 4) is 11.5 Å². The third kappa shape index (κ3) is 7.02. The van der Waals surface area contributed by atoms with Crippen LogP contribution >= 0.6 is 0 Å². The van der Waals surface area contributed by atoms with E-state index in [0.29, 0.717) is 11.7 Å². The maximum Gasteiger partial charge on any atom is 0.257 e. The van der Waals surface area contributed by atoms with Gasteiger partial charge in [0.2, 0.25) is 0 Å². The lowest BCUT2D eigenvalue weighted by molar-refractivity contribution is -0.123. The molecule has 1 atom stereocenters. The van der Waals surface area contributed by atoms with Crippen LogP contribution in [0.1, 0.15) is 39.5 Å². The van der Waals surface area contributed by atoms with Crippen molar-refractivity contribution in [2.24, 2.45) is 5.92 Å². The first-order valence-electron chi connectivity index (χ1n) is 7.73. The number of nitrogens with one attached hydrogen (secondary N) is 1. The summed E-state index contributed by atoms with van der Waals surface area (Å²) in [5.41, 5.74) is 0. The Morgan fingerprint density at radius 3 is 2.43 bits per heavy atom. The summed E-state index contributed by atoms with van der Waals surface area (Å²) < 4.78 is 10.5. The molecule has 0 spiro atoms. The highest BCUT2D eigenvalue weighted by molar-refractivity contribution is 5.77. The fourth-order valence-electron chi connectivity index (χ4n) is 2.07. The summed E-state index contributed by atoms with van der Waals surface area (Å²) in [6.45, 7) is 5.15. The molecule has 0 unspecified atom stereocenters. The summed E-state index contributed by atoms with van der Waals surface area (Å²) in [6, 6.07) is 7.21. The van der Waals surface area contributed by atoms with Crippen LogP contribution in [0.25, 0.3) is 0 Å². The Kier molecular flexibility index (Phi) is 8.32. The van der Waals surface area contributed by atoms with Gasteiger partial charge in [-0.1, -0.05) is 33.1 Å². The van der Waals surface area contributed by atoms with Crippen LogP contribution < -0.4 is 14.8 Å². The normalized spacial score (nSPS) is 11.8. The van der Waals surface area contributed by atoms with Gasteiger partial charge < -0.3 is 14.8 Å². The zero-order valence-electron chi connectivity index (χ0n) is 13.4. The van der Waals surface area contributed by atoms with Crippen molar-refractivity contribution in [1.82, 2.24) is 5.32 Å². The fourth-order valence-corrected chi connectivity index (χ4v) is 2.07. The van der Waals surface area contributed by atoms with E-state index in [2.05, 4.69) is 19.2 Å². The van der Waals surface area contributed by atoms with Crippen molar-refractivity contribution in [2.75, 3.05) is 20.3 Å².